The Bertz CT molecular complexity index is 476. The molecule has 0 aromatic heterocycles. The molecule has 0 N–H and O–H groups in total. The van der Waals surface area contributed by atoms with Crippen molar-refractivity contribution in [3.63, 3.8) is 0 Å². The molecule has 19 heteroatoms. The maximum absolute atomic E-state index is 12.9. The number of alkyl halides is 19. The minimum atomic E-state index is -8.58. The van der Waals surface area contributed by atoms with Crippen LogP contribution < -0.4 is 0 Å². The zero-order valence-electron chi connectivity index (χ0n) is 12.2. The molecule has 0 spiro atoms. The molecule has 0 amide bonds. The van der Waals surface area contributed by atoms with Gasteiger partial charge in [-0.15, -0.1) is 0 Å². The van der Waals surface area contributed by atoms with Gasteiger partial charge in [0.05, 0.1) is 7.18 Å². The van der Waals surface area contributed by atoms with Crippen molar-refractivity contribution in [1.82, 2.24) is 0 Å². The van der Waals surface area contributed by atoms with Gasteiger partial charge in [-0.25, -0.2) is 0 Å². The third-order valence-corrected chi connectivity index (χ3v) is 3.18. The molecule has 0 radical (unpaired) electrons. The van der Waals surface area contributed by atoms with Gasteiger partial charge in [0.2, 0.25) is 0 Å². The highest BCUT2D eigenvalue weighted by Crippen LogP contribution is 2.64. The Morgan fingerprint density at radius 1 is 0.357 bits per heavy atom. The molecular formula is C9H3BrF18. The Balaban J connectivity index is 0. The smallest absolute Gasteiger partial charge is 0.255 e. The maximum Gasteiger partial charge on any atom is 0.460 e. The second kappa shape index (κ2) is 7.48. The fourth-order valence-corrected chi connectivity index (χ4v) is 1.39. The average Bonchev–Trinajstić information content (AvgIpc) is 2.45. The minimum absolute atomic E-state index is 0.360. The third-order valence-electron chi connectivity index (χ3n) is 2.68. The van der Waals surface area contributed by atoms with Gasteiger partial charge in [-0.3, -0.25) is 4.39 Å². The van der Waals surface area contributed by atoms with E-state index in [-0.39, 0.29) is 0 Å². The molecule has 0 fully saturated rings. The number of hydrogen-bond acceptors (Lipinski definition) is 0. The van der Waals surface area contributed by atoms with Gasteiger partial charge in [0.1, 0.15) is 0 Å². The van der Waals surface area contributed by atoms with Crippen molar-refractivity contribution in [3.05, 3.63) is 0 Å². The van der Waals surface area contributed by atoms with E-state index >= 15 is 0 Å². The van der Waals surface area contributed by atoms with Gasteiger partial charge < -0.3 is 0 Å². The van der Waals surface area contributed by atoms with Crippen LogP contribution in [0.4, 0.5) is 79.0 Å². The van der Waals surface area contributed by atoms with Crippen molar-refractivity contribution in [1.29, 1.82) is 0 Å². The largest absolute Gasteiger partial charge is 0.460 e. The average molecular weight is 533 g/mol. The predicted molar refractivity (Wildman–Crippen MR) is 56.6 cm³/mol. The first-order valence-corrected chi connectivity index (χ1v) is 6.32. The van der Waals surface area contributed by atoms with Gasteiger partial charge in [-0.1, -0.05) is 0 Å². The van der Waals surface area contributed by atoms with Crippen molar-refractivity contribution >= 4 is 15.9 Å². The molecule has 0 heterocycles. The molecule has 0 atom stereocenters. The summed E-state index contributed by atoms with van der Waals surface area (Å²) in [6, 6.07) is 0. The van der Waals surface area contributed by atoms with Crippen molar-refractivity contribution in [2.24, 2.45) is 0 Å². The molecule has 0 saturated carbocycles. The molecule has 0 aliphatic heterocycles. The summed E-state index contributed by atoms with van der Waals surface area (Å²) in [6.45, 7) is 0. The highest BCUT2D eigenvalue weighted by atomic mass is 79.9. The van der Waals surface area contributed by atoms with Crippen molar-refractivity contribution in [2.45, 2.75) is 46.5 Å². The van der Waals surface area contributed by atoms with Crippen LogP contribution in [0.15, 0.2) is 0 Å². The van der Waals surface area contributed by atoms with E-state index in [1.165, 1.54) is 0 Å². The van der Waals surface area contributed by atoms with Crippen molar-refractivity contribution in [2.75, 3.05) is 7.18 Å². The summed E-state index contributed by atoms with van der Waals surface area (Å²) in [7, 11) is 0.500. The van der Waals surface area contributed by atoms with Crippen LogP contribution in [0, 0.1) is 0 Å². The molecule has 0 unspecified atom stereocenters. The third kappa shape index (κ3) is 3.82. The normalized spacial score (nSPS) is 15.9. The van der Waals surface area contributed by atoms with Gasteiger partial charge in [0, 0.05) is 0 Å². The van der Waals surface area contributed by atoms with Crippen LogP contribution in [-0.2, 0) is 0 Å². The SMILES string of the molecule is CF.FC(F)(F)C(F)(F)C(F)(F)C(F)(F)C(F)(F)C(F)(F)C(F)(F)C(F)(F)Br. The standard InChI is InChI=1S/C8BrF17.CH3F/c9-7(22,23)5(18,19)3(14,15)1(10,11)2(12,13)4(16,17)6(20,21)8(24,25)26;1-2/h;1H3. The van der Waals surface area contributed by atoms with Crippen LogP contribution >= 0.6 is 15.9 Å². The highest BCUT2D eigenvalue weighted by Gasteiger charge is 2.95. The van der Waals surface area contributed by atoms with Crippen LogP contribution in [0.1, 0.15) is 0 Å². The summed E-state index contributed by atoms with van der Waals surface area (Å²) in [5, 5.41) is 0. The minimum Gasteiger partial charge on any atom is -0.255 e. The predicted octanol–water partition coefficient (Wildman–Crippen LogP) is 6.93. The van der Waals surface area contributed by atoms with Crippen LogP contribution in [-0.4, -0.2) is 53.7 Å². The van der Waals surface area contributed by atoms with E-state index in [1.54, 1.807) is 0 Å². The summed E-state index contributed by atoms with van der Waals surface area (Å²) >= 11 is 0.360. The van der Waals surface area contributed by atoms with Crippen LogP contribution in [0.3, 0.4) is 0 Å². The van der Waals surface area contributed by atoms with E-state index in [0.717, 1.165) is 0 Å². The van der Waals surface area contributed by atoms with Gasteiger partial charge in [0.25, 0.3) is 0 Å². The summed E-state index contributed by atoms with van der Waals surface area (Å²) in [5.74, 6) is -49.6. The molecule has 28 heavy (non-hydrogen) atoms. The lowest BCUT2D eigenvalue weighted by Gasteiger charge is -2.42. The summed E-state index contributed by atoms with van der Waals surface area (Å²) in [6.07, 6.45) is -7.74. The van der Waals surface area contributed by atoms with E-state index in [0.29, 0.717) is 23.1 Å². The van der Waals surface area contributed by atoms with Crippen molar-refractivity contribution in [3.8, 4) is 0 Å². The zero-order chi connectivity index (χ0) is 24.0. The number of hydrogen-bond donors (Lipinski definition) is 0. The van der Waals surface area contributed by atoms with Gasteiger partial charge in [-0.2, -0.15) is 74.6 Å². The quantitative estimate of drug-likeness (QED) is 0.257. The first-order chi connectivity index (χ1) is 11.8. The molecule has 0 rings (SSSR count). The van der Waals surface area contributed by atoms with E-state index < -0.39 is 46.5 Å². The fraction of sp³-hybridized carbons (Fsp3) is 1.00. The van der Waals surface area contributed by atoms with Gasteiger partial charge in [0.15, 0.2) is 0 Å². The van der Waals surface area contributed by atoms with E-state index in [4.69, 9.17) is 0 Å². The molecule has 0 bridgehead atoms. The molecule has 0 saturated heterocycles. The van der Waals surface area contributed by atoms with Crippen molar-refractivity contribution < 1.29 is 79.0 Å². The highest BCUT2D eigenvalue weighted by molar-refractivity contribution is 9.10. The summed E-state index contributed by atoms with van der Waals surface area (Å²) < 4.78 is 222. The first-order valence-electron chi connectivity index (χ1n) is 5.53. The lowest BCUT2D eigenvalue weighted by atomic mass is 9.91. The van der Waals surface area contributed by atoms with Crippen LogP contribution in [0.2, 0.25) is 0 Å². The Morgan fingerprint density at radius 3 is 0.714 bits per heavy atom. The fourth-order valence-electron chi connectivity index (χ4n) is 1.14. The molecule has 0 aliphatic rings. The van der Waals surface area contributed by atoms with E-state index in [2.05, 4.69) is 0 Å². The Hall–Kier alpha value is -0.780. The van der Waals surface area contributed by atoms with Crippen LogP contribution in [0.5, 0.6) is 0 Å². The lowest BCUT2D eigenvalue weighted by Crippen LogP contribution is -2.74. The molecule has 172 valence electrons. The lowest BCUT2D eigenvalue weighted by molar-refractivity contribution is -0.457. The summed E-state index contributed by atoms with van der Waals surface area (Å²) in [4.78, 5) is -6.50. The van der Waals surface area contributed by atoms with Gasteiger partial charge in [-0.05, 0) is 15.9 Å². The maximum atomic E-state index is 12.9. The van der Waals surface area contributed by atoms with E-state index in [9.17, 15) is 79.0 Å². The zero-order valence-corrected chi connectivity index (χ0v) is 13.8. The molecule has 0 aromatic carbocycles. The first kappa shape index (κ1) is 29.4. The molecule has 0 aromatic rings. The van der Waals surface area contributed by atoms with Gasteiger partial charge >= 0.3 is 46.5 Å². The number of halogens is 19. The Labute approximate surface area is 150 Å². The second-order valence-corrected chi connectivity index (χ2v) is 5.44. The molecular weight excluding hydrogens is 530 g/mol. The number of rotatable bonds is 6. The van der Waals surface area contributed by atoms with E-state index in [1.807, 2.05) is 0 Å². The summed E-state index contributed by atoms with van der Waals surface area (Å²) in [5.41, 5.74) is 0. The topological polar surface area (TPSA) is 0 Å². The Morgan fingerprint density at radius 2 is 0.536 bits per heavy atom. The van der Waals surface area contributed by atoms with Crippen LogP contribution in [0.25, 0.3) is 0 Å². The monoisotopic (exact) mass is 532 g/mol. The second-order valence-electron chi connectivity index (χ2n) is 4.44. The molecule has 0 nitrogen and oxygen atoms in total. The Kier molecular flexibility index (Phi) is 7.86. The molecule has 0 aliphatic carbocycles.